The molecule has 0 saturated heterocycles. The molecule has 2 aromatic carbocycles. The number of tetrazole rings is 1. The van der Waals surface area contributed by atoms with E-state index in [-0.39, 0.29) is 0 Å². The third-order valence-electron chi connectivity index (χ3n) is 6.00. The monoisotopic (exact) mass is 470 g/mol. The van der Waals surface area contributed by atoms with Crippen molar-refractivity contribution in [3.63, 3.8) is 0 Å². The van der Waals surface area contributed by atoms with E-state index >= 15 is 0 Å². The Balaban J connectivity index is 1.54. The summed E-state index contributed by atoms with van der Waals surface area (Å²) in [5.74, 6) is 1.34. The van der Waals surface area contributed by atoms with Gasteiger partial charge >= 0.3 is 5.69 Å². The number of hydrogen-bond donors (Lipinski definition) is 2. The summed E-state index contributed by atoms with van der Waals surface area (Å²) in [5, 5.41) is 14.4. The first-order valence-electron chi connectivity index (χ1n) is 11.7. The fourth-order valence-electron chi connectivity index (χ4n) is 4.41. The molecule has 0 fully saturated rings. The van der Waals surface area contributed by atoms with E-state index in [1.54, 1.807) is 4.57 Å². The lowest BCUT2D eigenvalue weighted by Gasteiger charge is -2.11. The summed E-state index contributed by atoms with van der Waals surface area (Å²) >= 11 is 0. The minimum Gasteiger partial charge on any atom is -0.318 e. The van der Waals surface area contributed by atoms with Gasteiger partial charge in [-0.1, -0.05) is 62.4 Å². The first-order chi connectivity index (χ1) is 17.1. The molecule has 10 heteroatoms. The Kier molecular flexibility index (Phi) is 6.09. The molecular formula is C25H26N8O2. The van der Waals surface area contributed by atoms with Crippen molar-refractivity contribution in [2.45, 2.75) is 46.2 Å². The Hall–Kier alpha value is -4.34. The number of aromatic amines is 2. The second kappa shape index (κ2) is 9.49. The molecule has 0 atom stereocenters. The quantitative estimate of drug-likeness (QED) is 0.359. The summed E-state index contributed by atoms with van der Waals surface area (Å²) in [7, 11) is 0. The zero-order valence-corrected chi connectivity index (χ0v) is 19.7. The lowest BCUT2D eigenvalue weighted by Crippen LogP contribution is -2.31. The van der Waals surface area contributed by atoms with Gasteiger partial charge in [0.25, 0.3) is 5.56 Å². The highest BCUT2D eigenvalue weighted by Gasteiger charge is 2.18. The fraction of sp³-hybridized carbons (Fsp3) is 0.280. The molecule has 5 aromatic rings. The topological polar surface area (TPSA) is 127 Å². The summed E-state index contributed by atoms with van der Waals surface area (Å²) in [5.41, 5.74) is 4.01. The molecule has 0 bridgehead atoms. The van der Waals surface area contributed by atoms with E-state index in [0.717, 1.165) is 40.9 Å². The van der Waals surface area contributed by atoms with Crippen molar-refractivity contribution in [2.24, 2.45) is 0 Å². The number of nitrogens with zero attached hydrogens (tertiary/aromatic N) is 6. The van der Waals surface area contributed by atoms with Gasteiger partial charge in [-0.15, -0.1) is 10.2 Å². The Morgan fingerprint density at radius 3 is 2.37 bits per heavy atom. The van der Waals surface area contributed by atoms with Gasteiger partial charge in [0.05, 0.1) is 0 Å². The molecule has 0 unspecified atom stereocenters. The van der Waals surface area contributed by atoms with Crippen LogP contribution in [0.2, 0.25) is 0 Å². The van der Waals surface area contributed by atoms with Crippen molar-refractivity contribution < 1.29 is 0 Å². The number of hydrogen-bond acceptors (Lipinski definition) is 6. The van der Waals surface area contributed by atoms with Crippen molar-refractivity contribution in [2.75, 3.05) is 0 Å². The van der Waals surface area contributed by atoms with Crippen LogP contribution < -0.4 is 11.2 Å². The van der Waals surface area contributed by atoms with Gasteiger partial charge in [0.15, 0.2) is 11.2 Å². The average molecular weight is 471 g/mol. The number of aromatic nitrogens is 8. The molecule has 178 valence electrons. The van der Waals surface area contributed by atoms with Crippen LogP contribution in [0, 0.1) is 0 Å². The van der Waals surface area contributed by atoms with Crippen molar-refractivity contribution in [1.29, 1.82) is 0 Å². The molecule has 0 amide bonds. The lowest BCUT2D eigenvalue weighted by molar-refractivity contribution is 0.651. The number of fused-ring (bicyclic) bond motifs is 1. The highest BCUT2D eigenvalue weighted by Crippen LogP contribution is 2.30. The third kappa shape index (κ3) is 4.18. The van der Waals surface area contributed by atoms with Gasteiger partial charge < -0.3 is 4.57 Å². The molecule has 0 spiro atoms. The molecule has 0 aliphatic heterocycles. The SMILES string of the molecule is CCCc1nc2c(c(=O)[nH]c(=O)n2CCC)n1Cc1ccc(-c2ccccc2-c2nn[nH]n2)cc1. The van der Waals surface area contributed by atoms with E-state index in [2.05, 4.69) is 32.5 Å². The Morgan fingerprint density at radius 2 is 1.69 bits per heavy atom. The largest absolute Gasteiger partial charge is 0.330 e. The van der Waals surface area contributed by atoms with E-state index in [1.807, 2.05) is 60.0 Å². The van der Waals surface area contributed by atoms with Gasteiger partial charge in [-0.25, -0.2) is 9.78 Å². The van der Waals surface area contributed by atoms with Gasteiger partial charge in [-0.2, -0.15) is 5.21 Å². The van der Waals surface area contributed by atoms with E-state index in [9.17, 15) is 9.59 Å². The maximum Gasteiger partial charge on any atom is 0.330 e. The van der Waals surface area contributed by atoms with Gasteiger partial charge in [0, 0.05) is 25.1 Å². The van der Waals surface area contributed by atoms with Crippen LogP contribution in [0.25, 0.3) is 33.7 Å². The van der Waals surface area contributed by atoms with Crippen molar-refractivity contribution >= 4 is 11.2 Å². The van der Waals surface area contributed by atoms with E-state index < -0.39 is 11.2 Å². The second-order valence-corrected chi connectivity index (χ2v) is 8.43. The van der Waals surface area contributed by atoms with Crippen LogP contribution in [0.4, 0.5) is 0 Å². The van der Waals surface area contributed by atoms with Crippen LogP contribution in [-0.2, 0) is 19.5 Å². The van der Waals surface area contributed by atoms with Gasteiger partial charge in [-0.05, 0) is 34.7 Å². The molecule has 2 N–H and O–H groups in total. The first-order valence-corrected chi connectivity index (χ1v) is 11.7. The van der Waals surface area contributed by atoms with Crippen LogP contribution in [0.1, 0.15) is 38.1 Å². The molecule has 10 nitrogen and oxygen atoms in total. The smallest absolute Gasteiger partial charge is 0.318 e. The Morgan fingerprint density at radius 1 is 0.914 bits per heavy atom. The van der Waals surface area contributed by atoms with Gasteiger partial charge in [0.1, 0.15) is 5.82 Å². The molecule has 0 saturated carbocycles. The summed E-state index contributed by atoms with van der Waals surface area (Å²) in [6, 6.07) is 16.1. The number of H-pyrrole nitrogens is 2. The summed E-state index contributed by atoms with van der Waals surface area (Å²) in [6.07, 6.45) is 2.36. The van der Waals surface area contributed by atoms with Gasteiger partial charge in [0.2, 0.25) is 5.82 Å². The summed E-state index contributed by atoms with van der Waals surface area (Å²) < 4.78 is 3.50. The predicted octanol–water partition coefficient (Wildman–Crippen LogP) is 3.14. The summed E-state index contributed by atoms with van der Waals surface area (Å²) in [4.78, 5) is 32.4. The molecule has 5 rings (SSSR count). The maximum absolute atomic E-state index is 12.8. The van der Waals surface area contributed by atoms with Crippen LogP contribution in [0.15, 0.2) is 58.1 Å². The number of rotatable bonds is 8. The molecule has 35 heavy (non-hydrogen) atoms. The van der Waals surface area contributed by atoms with Crippen molar-refractivity contribution in [3.8, 4) is 22.5 Å². The zero-order valence-electron chi connectivity index (χ0n) is 19.7. The second-order valence-electron chi connectivity index (χ2n) is 8.43. The zero-order chi connectivity index (χ0) is 24.4. The molecule has 0 aliphatic carbocycles. The van der Waals surface area contributed by atoms with E-state index in [4.69, 9.17) is 4.98 Å². The number of imidazole rings is 1. The minimum atomic E-state index is -0.415. The highest BCUT2D eigenvalue weighted by atomic mass is 16.2. The minimum absolute atomic E-state index is 0.405. The van der Waals surface area contributed by atoms with E-state index in [0.29, 0.717) is 36.5 Å². The predicted molar refractivity (Wildman–Crippen MR) is 133 cm³/mol. The number of benzene rings is 2. The van der Waals surface area contributed by atoms with Crippen LogP contribution in [0.3, 0.4) is 0 Å². The maximum atomic E-state index is 12.8. The lowest BCUT2D eigenvalue weighted by atomic mass is 9.98. The van der Waals surface area contributed by atoms with Crippen LogP contribution in [0.5, 0.6) is 0 Å². The normalized spacial score (nSPS) is 11.4. The molecule has 3 heterocycles. The molecule has 3 aromatic heterocycles. The van der Waals surface area contributed by atoms with Crippen LogP contribution >= 0.6 is 0 Å². The van der Waals surface area contributed by atoms with E-state index in [1.165, 1.54) is 0 Å². The summed E-state index contributed by atoms with van der Waals surface area (Å²) in [6.45, 7) is 5.05. The van der Waals surface area contributed by atoms with Crippen LogP contribution in [-0.4, -0.2) is 39.7 Å². The average Bonchev–Trinajstić information content (AvgIpc) is 3.52. The molecule has 0 aliphatic rings. The molecule has 0 radical (unpaired) electrons. The Bertz CT molecular complexity index is 1580. The first kappa shape index (κ1) is 22.5. The van der Waals surface area contributed by atoms with Crippen molar-refractivity contribution in [1.82, 2.24) is 39.7 Å². The fourth-order valence-corrected chi connectivity index (χ4v) is 4.41. The third-order valence-corrected chi connectivity index (χ3v) is 6.00. The Labute approximate surface area is 200 Å². The molecular weight excluding hydrogens is 444 g/mol. The number of aryl methyl sites for hydroxylation is 2. The van der Waals surface area contributed by atoms with Gasteiger partial charge in [-0.3, -0.25) is 14.3 Å². The number of nitrogens with one attached hydrogen (secondary N) is 2. The van der Waals surface area contributed by atoms with Crippen molar-refractivity contribution in [3.05, 3.63) is 80.8 Å². The highest BCUT2D eigenvalue weighted by molar-refractivity contribution is 5.80. The standard InChI is InChI=1S/C25H26N8O2/c1-3-7-20-26-23-21(24(34)27-25(35)32(23)14-4-2)33(20)15-16-10-12-17(13-11-16)18-8-5-6-9-19(18)22-28-30-31-29-22/h5-6,8-13H,3-4,7,14-15H2,1-2H3,(H,27,34,35)(H,28,29,30,31).